The lowest BCUT2D eigenvalue weighted by Gasteiger charge is -2.24. The Morgan fingerprint density at radius 1 is 1.38 bits per heavy atom. The Balaban J connectivity index is 3.89. The lowest BCUT2D eigenvalue weighted by molar-refractivity contribution is -0.146. The Morgan fingerprint density at radius 2 is 1.92 bits per heavy atom. The van der Waals surface area contributed by atoms with Crippen LogP contribution in [0.15, 0.2) is 0 Å². The van der Waals surface area contributed by atoms with E-state index >= 15 is 0 Å². The molecule has 1 nitrogen and oxygen atoms in total. The molecule has 80 valence electrons. The van der Waals surface area contributed by atoms with Crippen molar-refractivity contribution in [3.8, 4) is 0 Å². The highest BCUT2D eigenvalue weighted by atomic mass is 79.9. The van der Waals surface area contributed by atoms with Crippen molar-refractivity contribution in [1.29, 1.82) is 0 Å². The summed E-state index contributed by atoms with van der Waals surface area (Å²) in [5.41, 5.74) is 0. The van der Waals surface area contributed by atoms with Gasteiger partial charge in [0.15, 0.2) is 0 Å². The van der Waals surface area contributed by atoms with Crippen molar-refractivity contribution >= 4 is 15.9 Å². The van der Waals surface area contributed by atoms with E-state index in [1.54, 1.807) is 6.92 Å². The average Bonchev–Trinajstić information content (AvgIpc) is 2.00. The van der Waals surface area contributed by atoms with Crippen molar-refractivity contribution < 1.29 is 13.2 Å². The van der Waals surface area contributed by atoms with Gasteiger partial charge in [0, 0.05) is 11.9 Å². The Morgan fingerprint density at radius 3 is 2.23 bits per heavy atom. The van der Waals surface area contributed by atoms with Gasteiger partial charge < -0.3 is 0 Å². The first-order chi connectivity index (χ1) is 5.89. The Labute approximate surface area is 85.4 Å². The highest BCUT2D eigenvalue weighted by molar-refractivity contribution is 9.09. The first-order valence-electron chi connectivity index (χ1n) is 4.24. The van der Waals surface area contributed by atoms with Crippen molar-refractivity contribution in [2.24, 2.45) is 5.92 Å². The van der Waals surface area contributed by atoms with Crippen LogP contribution in [0, 0.1) is 5.92 Å². The minimum Gasteiger partial charge on any atom is -0.295 e. The zero-order valence-corrected chi connectivity index (χ0v) is 9.45. The van der Waals surface area contributed by atoms with E-state index in [9.17, 15) is 13.2 Å². The molecule has 0 saturated heterocycles. The fourth-order valence-corrected chi connectivity index (χ4v) is 1.25. The molecule has 0 spiro atoms. The van der Waals surface area contributed by atoms with Crippen molar-refractivity contribution in [3.05, 3.63) is 0 Å². The van der Waals surface area contributed by atoms with E-state index in [0.717, 1.165) is 5.33 Å². The fraction of sp³-hybridized carbons (Fsp3) is 1.00. The van der Waals surface area contributed by atoms with Crippen LogP contribution in [0.5, 0.6) is 0 Å². The van der Waals surface area contributed by atoms with Gasteiger partial charge >= 0.3 is 6.18 Å². The number of halogens is 4. The summed E-state index contributed by atoms with van der Waals surface area (Å²) >= 11 is 3.24. The molecule has 1 atom stereocenters. The summed E-state index contributed by atoms with van der Waals surface area (Å²) in [5, 5.41) is 0.737. The normalized spacial score (nSPS) is 15.0. The van der Waals surface area contributed by atoms with Crippen LogP contribution in [0.3, 0.4) is 0 Å². The van der Waals surface area contributed by atoms with Gasteiger partial charge in [-0.1, -0.05) is 29.8 Å². The molecule has 5 heteroatoms. The molecule has 0 aromatic rings. The second-order valence-corrected chi connectivity index (χ2v) is 3.85. The smallest absolute Gasteiger partial charge is 0.295 e. The molecule has 0 aromatic heterocycles. The molecular weight excluding hydrogens is 247 g/mol. The highest BCUT2D eigenvalue weighted by Gasteiger charge is 2.30. The first-order valence-corrected chi connectivity index (χ1v) is 5.36. The first kappa shape index (κ1) is 13.2. The van der Waals surface area contributed by atoms with Gasteiger partial charge in [-0.05, 0) is 12.5 Å². The van der Waals surface area contributed by atoms with Crippen LogP contribution in [0.25, 0.3) is 0 Å². The van der Waals surface area contributed by atoms with Gasteiger partial charge in [0.05, 0.1) is 6.54 Å². The van der Waals surface area contributed by atoms with Gasteiger partial charge in [0.25, 0.3) is 0 Å². The van der Waals surface area contributed by atoms with Gasteiger partial charge in [-0.15, -0.1) is 0 Å². The maximum absolute atomic E-state index is 12.0. The second-order valence-electron chi connectivity index (χ2n) is 3.20. The molecule has 0 aliphatic rings. The Hall–Kier alpha value is 0.230. The van der Waals surface area contributed by atoms with E-state index in [0.29, 0.717) is 13.1 Å². The van der Waals surface area contributed by atoms with Crippen LogP contribution < -0.4 is 0 Å². The maximum Gasteiger partial charge on any atom is 0.401 e. The third-order valence-corrected chi connectivity index (χ3v) is 2.79. The van der Waals surface area contributed by atoms with E-state index < -0.39 is 12.7 Å². The predicted octanol–water partition coefficient (Wildman–Crippen LogP) is 2.90. The monoisotopic (exact) mass is 261 g/mol. The van der Waals surface area contributed by atoms with Gasteiger partial charge in [-0.2, -0.15) is 13.2 Å². The molecule has 0 saturated carbocycles. The molecule has 0 aromatic carbocycles. The SMILES string of the molecule is CCN(CC(C)CBr)CC(F)(F)F. The Kier molecular flexibility index (Phi) is 5.96. The molecule has 0 bridgehead atoms. The van der Waals surface area contributed by atoms with Crippen LogP contribution in [0.2, 0.25) is 0 Å². The number of rotatable bonds is 5. The second kappa shape index (κ2) is 5.86. The molecule has 0 rings (SSSR count). The summed E-state index contributed by atoms with van der Waals surface area (Å²) in [4.78, 5) is 1.41. The molecule has 0 aliphatic carbocycles. The van der Waals surface area contributed by atoms with Crippen LogP contribution in [-0.2, 0) is 0 Å². The van der Waals surface area contributed by atoms with Crippen molar-refractivity contribution in [1.82, 2.24) is 4.90 Å². The summed E-state index contributed by atoms with van der Waals surface area (Å²) in [7, 11) is 0. The van der Waals surface area contributed by atoms with E-state index in [1.807, 2.05) is 6.92 Å². The largest absolute Gasteiger partial charge is 0.401 e. The highest BCUT2D eigenvalue weighted by Crippen LogP contribution is 2.17. The topological polar surface area (TPSA) is 3.24 Å². The third-order valence-electron chi connectivity index (χ3n) is 1.68. The zero-order chi connectivity index (χ0) is 10.5. The molecule has 0 aliphatic heterocycles. The van der Waals surface area contributed by atoms with Gasteiger partial charge in [-0.25, -0.2) is 0 Å². The average molecular weight is 262 g/mol. The van der Waals surface area contributed by atoms with Crippen LogP contribution >= 0.6 is 15.9 Å². The minimum absolute atomic E-state index is 0.252. The summed E-state index contributed by atoms with van der Waals surface area (Å²) in [6, 6.07) is 0. The summed E-state index contributed by atoms with van der Waals surface area (Å²) in [6.07, 6.45) is -4.08. The number of hydrogen-bond donors (Lipinski definition) is 0. The van der Waals surface area contributed by atoms with Crippen LogP contribution in [-0.4, -0.2) is 36.0 Å². The lowest BCUT2D eigenvalue weighted by atomic mass is 10.2. The number of nitrogens with zero attached hydrogens (tertiary/aromatic N) is 1. The van der Waals surface area contributed by atoms with Crippen molar-refractivity contribution in [3.63, 3.8) is 0 Å². The zero-order valence-electron chi connectivity index (χ0n) is 7.86. The standard InChI is InChI=1S/C8H15BrF3N/c1-3-13(5-7(2)4-9)6-8(10,11)12/h7H,3-6H2,1-2H3. The minimum atomic E-state index is -4.08. The van der Waals surface area contributed by atoms with E-state index in [4.69, 9.17) is 0 Å². The number of hydrogen-bond acceptors (Lipinski definition) is 1. The summed E-state index contributed by atoms with van der Waals surface area (Å²) in [5.74, 6) is 0.252. The molecule has 0 amide bonds. The summed E-state index contributed by atoms with van der Waals surface area (Å²) in [6.45, 7) is 3.79. The van der Waals surface area contributed by atoms with E-state index in [-0.39, 0.29) is 5.92 Å². The Bertz CT molecular complexity index is 138. The molecule has 13 heavy (non-hydrogen) atoms. The van der Waals surface area contributed by atoms with Crippen molar-refractivity contribution in [2.45, 2.75) is 20.0 Å². The lowest BCUT2D eigenvalue weighted by Crippen LogP contribution is -2.37. The third kappa shape index (κ3) is 7.31. The molecule has 1 unspecified atom stereocenters. The number of alkyl halides is 4. The molecule has 0 heterocycles. The van der Waals surface area contributed by atoms with Crippen LogP contribution in [0.4, 0.5) is 13.2 Å². The van der Waals surface area contributed by atoms with Gasteiger partial charge in [0.2, 0.25) is 0 Å². The van der Waals surface area contributed by atoms with Crippen molar-refractivity contribution in [2.75, 3.05) is 25.0 Å². The predicted molar refractivity (Wildman–Crippen MR) is 51.1 cm³/mol. The van der Waals surface area contributed by atoms with E-state index in [2.05, 4.69) is 15.9 Å². The van der Waals surface area contributed by atoms with E-state index in [1.165, 1.54) is 4.90 Å². The molecule has 0 N–H and O–H groups in total. The molecule has 0 radical (unpaired) electrons. The molecule has 0 fully saturated rings. The quantitative estimate of drug-likeness (QED) is 0.688. The maximum atomic E-state index is 12.0. The van der Waals surface area contributed by atoms with Gasteiger partial charge in [-0.3, -0.25) is 4.90 Å². The molecular formula is C8H15BrF3N. The summed E-state index contributed by atoms with van der Waals surface area (Å²) < 4.78 is 36.0. The van der Waals surface area contributed by atoms with Crippen LogP contribution in [0.1, 0.15) is 13.8 Å². The fourth-order valence-electron chi connectivity index (χ4n) is 1.05. The van der Waals surface area contributed by atoms with Gasteiger partial charge in [0.1, 0.15) is 0 Å².